The third-order valence-electron chi connectivity index (χ3n) is 5.06. The summed E-state index contributed by atoms with van der Waals surface area (Å²) >= 11 is 1.32. The lowest BCUT2D eigenvalue weighted by molar-refractivity contribution is 1.20. The van der Waals surface area contributed by atoms with E-state index in [0.717, 1.165) is 38.4 Å². The van der Waals surface area contributed by atoms with Gasteiger partial charge in [0.15, 0.2) is 0 Å². The molecule has 0 spiro atoms. The van der Waals surface area contributed by atoms with Gasteiger partial charge < -0.3 is 16.4 Å². The van der Waals surface area contributed by atoms with Crippen molar-refractivity contribution >= 4 is 50.2 Å². The van der Waals surface area contributed by atoms with E-state index >= 15 is 0 Å². The highest BCUT2D eigenvalue weighted by molar-refractivity contribution is 7.13. The molecule has 0 fully saturated rings. The van der Waals surface area contributed by atoms with Gasteiger partial charge >= 0.3 is 0 Å². The summed E-state index contributed by atoms with van der Waals surface area (Å²) in [6.45, 7) is 0. The van der Waals surface area contributed by atoms with E-state index in [0.29, 0.717) is 11.4 Å². The average molecular weight is 410 g/mol. The van der Waals surface area contributed by atoms with Crippen LogP contribution in [0.25, 0.3) is 21.3 Å². The van der Waals surface area contributed by atoms with Gasteiger partial charge in [0.05, 0.1) is 16.1 Å². The van der Waals surface area contributed by atoms with Crippen molar-refractivity contribution in [3.63, 3.8) is 0 Å². The third kappa shape index (κ3) is 3.13. The van der Waals surface area contributed by atoms with Crippen molar-refractivity contribution in [2.75, 3.05) is 16.4 Å². The molecule has 0 bridgehead atoms. The minimum Gasteiger partial charge on any atom is -0.397 e. The fourth-order valence-corrected chi connectivity index (χ4v) is 4.25. The lowest BCUT2D eigenvalue weighted by Crippen LogP contribution is -2.09. The maximum Gasteiger partial charge on any atom is 0.116 e. The molecule has 1 aromatic heterocycles. The summed E-state index contributed by atoms with van der Waals surface area (Å²) in [5.41, 5.74) is 19.3. The Bertz CT molecular complexity index is 1260. The topological polar surface area (TPSA) is 81.1 Å². The molecule has 1 heterocycles. The zero-order chi connectivity index (χ0) is 20.5. The van der Waals surface area contributed by atoms with Gasteiger partial charge in [-0.2, -0.15) is 0 Å². The van der Waals surface area contributed by atoms with E-state index in [1.807, 2.05) is 42.5 Å². The van der Waals surface area contributed by atoms with Gasteiger partial charge in [0, 0.05) is 22.6 Å². The van der Waals surface area contributed by atoms with Crippen LogP contribution in [0.2, 0.25) is 0 Å². The van der Waals surface area contributed by atoms with Crippen LogP contribution in [-0.4, -0.2) is 9.59 Å². The molecule has 5 rings (SSSR count). The van der Waals surface area contributed by atoms with E-state index < -0.39 is 0 Å². The molecule has 6 heteroatoms. The minimum absolute atomic E-state index is 0.533. The second kappa shape index (κ2) is 7.50. The largest absolute Gasteiger partial charge is 0.397 e. The Labute approximate surface area is 178 Å². The van der Waals surface area contributed by atoms with Gasteiger partial charge in [-0.05, 0) is 59.6 Å². The summed E-state index contributed by atoms with van der Waals surface area (Å²) < 4.78 is 4.99. The SMILES string of the molecule is Nc1cc2snnc2c(-c2ccc(N(c3ccccc3)c3ccccc3)cc2)c1N. The predicted octanol–water partition coefficient (Wildman–Crippen LogP) is 5.99. The first-order chi connectivity index (χ1) is 14.7. The molecule has 30 heavy (non-hydrogen) atoms. The van der Waals surface area contributed by atoms with E-state index in [2.05, 4.69) is 63.0 Å². The van der Waals surface area contributed by atoms with Gasteiger partial charge in [0.2, 0.25) is 0 Å². The van der Waals surface area contributed by atoms with Crippen molar-refractivity contribution in [1.29, 1.82) is 0 Å². The first-order valence-corrected chi connectivity index (χ1v) is 10.3. The Kier molecular flexibility index (Phi) is 4.53. The number of para-hydroxylation sites is 2. The molecule has 0 radical (unpaired) electrons. The minimum atomic E-state index is 0.533. The first kappa shape index (κ1) is 18.1. The molecule has 0 aliphatic rings. The van der Waals surface area contributed by atoms with Crippen LogP contribution in [0.3, 0.4) is 0 Å². The molecule has 0 aliphatic heterocycles. The lowest BCUT2D eigenvalue weighted by Gasteiger charge is -2.25. The quantitative estimate of drug-likeness (QED) is 0.356. The average Bonchev–Trinajstić information content (AvgIpc) is 3.25. The van der Waals surface area contributed by atoms with Crippen molar-refractivity contribution in [3.05, 3.63) is 91.0 Å². The summed E-state index contributed by atoms with van der Waals surface area (Å²) in [5, 5.41) is 4.27. The molecule has 5 nitrogen and oxygen atoms in total. The summed E-state index contributed by atoms with van der Waals surface area (Å²) in [7, 11) is 0. The number of rotatable bonds is 4. The van der Waals surface area contributed by atoms with Gasteiger partial charge in [-0.3, -0.25) is 0 Å². The number of nitrogens with two attached hydrogens (primary N) is 2. The number of hydrogen-bond donors (Lipinski definition) is 2. The lowest BCUT2D eigenvalue weighted by atomic mass is 10.0. The molecular formula is C24H19N5S. The number of nitrogen functional groups attached to an aromatic ring is 2. The molecule has 0 amide bonds. The smallest absolute Gasteiger partial charge is 0.116 e. The number of fused-ring (bicyclic) bond motifs is 1. The van der Waals surface area contributed by atoms with Crippen LogP contribution < -0.4 is 16.4 Å². The molecular weight excluding hydrogens is 390 g/mol. The fraction of sp³-hybridized carbons (Fsp3) is 0. The van der Waals surface area contributed by atoms with Gasteiger partial charge in [0.25, 0.3) is 0 Å². The Morgan fingerprint density at radius 1 is 0.700 bits per heavy atom. The molecule has 4 aromatic carbocycles. The highest BCUT2D eigenvalue weighted by atomic mass is 32.1. The van der Waals surface area contributed by atoms with E-state index in [1.54, 1.807) is 0 Å². The molecule has 0 atom stereocenters. The molecule has 0 saturated carbocycles. The zero-order valence-electron chi connectivity index (χ0n) is 16.1. The van der Waals surface area contributed by atoms with E-state index in [-0.39, 0.29) is 0 Å². The maximum absolute atomic E-state index is 6.32. The zero-order valence-corrected chi connectivity index (χ0v) is 16.9. The second-order valence-electron chi connectivity index (χ2n) is 6.93. The Morgan fingerprint density at radius 2 is 1.27 bits per heavy atom. The van der Waals surface area contributed by atoms with Crippen molar-refractivity contribution in [1.82, 2.24) is 9.59 Å². The van der Waals surface area contributed by atoms with Gasteiger partial charge in [-0.25, -0.2) is 0 Å². The monoisotopic (exact) mass is 409 g/mol. The van der Waals surface area contributed by atoms with Crippen LogP contribution in [0.1, 0.15) is 0 Å². The van der Waals surface area contributed by atoms with Crippen molar-refractivity contribution < 1.29 is 0 Å². The highest BCUT2D eigenvalue weighted by Crippen LogP contribution is 2.40. The number of nitrogens with zero attached hydrogens (tertiary/aromatic N) is 3. The van der Waals surface area contributed by atoms with E-state index in [1.165, 1.54) is 11.5 Å². The summed E-state index contributed by atoms with van der Waals surface area (Å²) in [5.74, 6) is 0. The molecule has 4 N–H and O–H groups in total. The molecule has 5 aromatic rings. The van der Waals surface area contributed by atoms with Crippen molar-refractivity contribution in [2.24, 2.45) is 0 Å². The molecule has 146 valence electrons. The molecule has 0 unspecified atom stereocenters. The van der Waals surface area contributed by atoms with Crippen molar-refractivity contribution in [2.45, 2.75) is 0 Å². The highest BCUT2D eigenvalue weighted by Gasteiger charge is 2.16. The van der Waals surface area contributed by atoms with Crippen LogP contribution in [0.5, 0.6) is 0 Å². The number of aromatic nitrogens is 2. The van der Waals surface area contributed by atoms with Crippen LogP contribution in [0, 0.1) is 0 Å². The van der Waals surface area contributed by atoms with Gasteiger partial charge in [-0.1, -0.05) is 53.0 Å². The summed E-state index contributed by atoms with van der Waals surface area (Å²) in [4.78, 5) is 2.21. The summed E-state index contributed by atoms with van der Waals surface area (Å²) in [6.07, 6.45) is 0. The fourth-order valence-electron chi connectivity index (χ4n) is 3.63. The first-order valence-electron chi connectivity index (χ1n) is 9.53. The van der Waals surface area contributed by atoms with Crippen LogP contribution in [-0.2, 0) is 0 Å². The number of benzene rings is 4. The Morgan fingerprint density at radius 3 is 1.87 bits per heavy atom. The van der Waals surface area contributed by atoms with Crippen LogP contribution in [0.15, 0.2) is 91.0 Å². The van der Waals surface area contributed by atoms with Crippen LogP contribution >= 0.6 is 11.5 Å². The third-order valence-corrected chi connectivity index (χ3v) is 5.73. The predicted molar refractivity (Wildman–Crippen MR) is 126 cm³/mol. The van der Waals surface area contributed by atoms with Gasteiger partial charge in [0.1, 0.15) is 5.52 Å². The maximum atomic E-state index is 6.32. The molecule has 0 aliphatic carbocycles. The molecule has 0 saturated heterocycles. The van der Waals surface area contributed by atoms with Gasteiger partial charge in [-0.15, -0.1) is 5.10 Å². The normalized spacial score (nSPS) is 10.9. The number of anilines is 5. The van der Waals surface area contributed by atoms with E-state index in [9.17, 15) is 0 Å². The summed E-state index contributed by atoms with van der Waals surface area (Å²) in [6, 6.07) is 30.7. The Hall–Kier alpha value is -3.90. The number of hydrogen-bond acceptors (Lipinski definition) is 6. The van der Waals surface area contributed by atoms with E-state index in [4.69, 9.17) is 11.5 Å². The van der Waals surface area contributed by atoms with Crippen molar-refractivity contribution in [3.8, 4) is 11.1 Å². The Balaban J connectivity index is 1.62. The standard InChI is InChI=1S/C24H19N5S/c25-20-15-21-24(27-28-30-21)22(23(20)26)16-11-13-19(14-12-16)29(17-7-3-1-4-8-17)18-9-5-2-6-10-18/h1-15H,25-26H2. The van der Waals surface area contributed by atoms with Crippen LogP contribution in [0.4, 0.5) is 28.4 Å². The second-order valence-corrected chi connectivity index (χ2v) is 7.71.